The molecular weight excluding hydrogens is 310 g/mol. The Morgan fingerprint density at radius 2 is 2.05 bits per heavy atom. The van der Waals surface area contributed by atoms with Crippen LogP contribution in [0.15, 0.2) is 32.3 Å². The zero-order chi connectivity index (χ0) is 15.6. The van der Waals surface area contributed by atoms with Gasteiger partial charge in [-0.2, -0.15) is 0 Å². The fourth-order valence-electron chi connectivity index (χ4n) is 2.45. The quantitative estimate of drug-likeness (QED) is 0.608. The molecule has 2 heterocycles. The summed E-state index contributed by atoms with van der Waals surface area (Å²) < 4.78 is 37.2. The van der Waals surface area contributed by atoms with Crippen molar-refractivity contribution in [3.8, 4) is 0 Å². The lowest BCUT2D eigenvalue weighted by molar-refractivity contribution is -0.906. The number of oxazole rings is 1. The second kappa shape index (κ2) is 6.21. The van der Waals surface area contributed by atoms with E-state index >= 15 is 0 Å². The fraction of sp³-hybridized carbons (Fsp3) is 0.462. The summed E-state index contributed by atoms with van der Waals surface area (Å²) in [6.45, 7) is 4.28. The van der Waals surface area contributed by atoms with Gasteiger partial charge in [-0.3, -0.25) is 4.98 Å². The van der Waals surface area contributed by atoms with Gasteiger partial charge >= 0.3 is 5.76 Å². The number of H-pyrrole nitrogens is 1. The van der Waals surface area contributed by atoms with Crippen LogP contribution in [-0.2, 0) is 14.8 Å². The van der Waals surface area contributed by atoms with E-state index < -0.39 is 15.8 Å². The molecule has 0 aliphatic carbocycles. The molecule has 8 nitrogen and oxygen atoms in total. The van der Waals surface area contributed by atoms with Crippen molar-refractivity contribution in [2.24, 2.45) is 0 Å². The minimum Gasteiger partial charge on any atom is -0.408 e. The number of morpholine rings is 1. The topological polar surface area (TPSA) is 106 Å². The molecule has 1 aromatic carbocycles. The van der Waals surface area contributed by atoms with Crippen molar-refractivity contribution >= 4 is 21.1 Å². The fourth-order valence-corrected chi connectivity index (χ4v) is 3.50. The van der Waals surface area contributed by atoms with Gasteiger partial charge in [0.05, 0.1) is 36.7 Å². The van der Waals surface area contributed by atoms with Crippen LogP contribution in [0.5, 0.6) is 0 Å². The summed E-state index contributed by atoms with van der Waals surface area (Å²) in [4.78, 5) is 15.0. The highest BCUT2D eigenvalue weighted by molar-refractivity contribution is 7.89. The molecule has 9 heteroatoms. The molecule has 1 fully saturated rings. The highest BCUT2D eigenvalue weighted by atomic mass is 32.2. The third-order valence-corrected chi connectivity index (χ3v) is 5.13. The van der Waals surface area contributed by atoms with Crippen LogP contribution < -0.4 is 15.4 Å². The van der Waals surface area contributed by atoms with Crippen LogP contribution in [0.25, 0.3) is 11.1 Å². The Morgan fingerprint density at radius 1 is 1.27 bits per heavy atom. The van der Waals surface area contributed by atoms with Crippen molar-refractivity contribution in [3.63, 3.8) is 0 Å². The van der Waals surface area contributed by atoms with Crippen LogP contribution in [-0.4, -0.2) is 52.8 Å². The molecule has 0 amide bonds. The van der Waals surface area contributed by atoms with Crippen molar-refractivity contribution in [2.45, 2.75) is 4.90 Å². The monoisotopic (exact) mass is 328 g/mol. The zero-order valence-electron chi connectivity index (χ0n) is 11.9. The molecule has 1 aliphatic rings. The molecule has 1 aliphatic heterocycles. The highest BCUT2D eigenvalue weighted by Gasteiger charge is 2.18. The van der Waals surface area contributed by atoms with E-state index in [1.165, 1.54) is 23.1 Å². The maximum absolute atomic E-state index is 12.2. The summed E-state index contributed by atoms with van der Waals surface area (Å²) in [5.74, 6) is -0.603. The molecule has 0 radical (unpaired) electrons. The Labute approximate surface area is 127 Å². The summed E-state index contributed by atoms with van der Waals surface area (Å²) in [6.07, 6.45) is 0. The minimum atomic E-state index is -3.61. The second-order valence-electron chi connectivity index (χ2n) is 5.18. The first-order valence-corrected chi connectivity index (χ1v) is 8.57. The van der Waals surface area contributed by atoms with E-state index in [1.54, 1.807) is 0 Å². The molecule has 3 rings (SSSR count). The lowest BCUT2D eigenvalue weighted by Crippen LogP contribution is -3.14. The van der Waals surface area contributed by atoms with E-state index in [1.807, 2.05) is 0 Å². The zero-order valence-corrected chi connectivity index (χ0v) is 12.7. The number of sulfonamides is 1. The molecule has 0 unspecified atom stereocenters. The van der Waals surface area contributed by atoms with Crippen LogP contribution in [0.4, 0.5) is 0 Å². The average Bonchev–Trinajstić information content (AvgIpc) is 2.87. The number of benzene rings is 1. The molecule has 22 heavy (non-hydrogen) atoms. The summed E-state index contributed by atoms with van der Waals surface area (Å²) in [5, 5.41) is 0. The van der Waals surface area contributed by atoms with Crippen molar-refractivity contribution in [1.82, 2.24) is 9.71 Å². The third kappa shape index (κ3) is 3.38. The number of ether oxygens (including phenoxy) is 1. The molecule has 0 saturated carbocycles. The van der Waals surface area contributed by atoms with Gasteiger partial charge in [0.2, 0.25) is 10.0 Å². The molecule has 120 valence electrons. The lowest BCUT2D eigenvalue weighted by Gasteiger charge is -2.23. The van der Waals surface area contributed by atoms with Crippen molar-refractivity contribution in [3.05, 3.63) is 28.7 Å². The van der Waals surface area contributed by atoms with Gasteiger partial charge in [-0.1, -0.05) is 0 Å². The number of hydrogen-bond acceptors (Lipinski definition) is 5. The van der Waals surface area contributed by atoms with E-state index in [-0.39, 0.29) is 10.5 Å². The molecule has 0 spiro atoms. The van der Waals surface area contributed by atoms with Crippen LogP contribution >= 0.6 is 0 Å². The van der Waals surface area contributed by atoms with E-state index in [4.69, 9.17) is 9.15 Å². The first kappa shape index (κ1) is 15.2. The van der Waals surface area contributed by atoms with E-state index in [0.29, 0.717) is 31.8 Å². The SMILES string of the molecule is O=c1[nH]c2ccc(S(=O)(=O)NCC[NH+]3CCOCC3)cc2o1. The van der Waals surface area contributed by atoms with Gasteiger partial charge in [0, 0.05) is 6.07 Å². The van der Waals surface area contributed by atoms with Crippen molar-refractivity contribution < 1.29 is 22.5 Å². The molecule has 0 bridgehead atoms. The predicted octanol–water partition coefficient (Wildman–Crippen LogP) is -1.69. The van der Waals surface area contributed by atoms with Gasteiger partial charge in [0.1, 0.15) is 13.1 Å². The predicted molar refractivity (Wildman–Crippen MR) is 78.4 cm³/mol. The summed E-state index contributed by atoms with van der Waals surface area (Å²) in [7, 11) is -3.61. The van der Waals surface area contributed by atoms with Crippen LogP contribution in [0, 0.1) is 0 Å². The maximum Gasteiger partial charge on any atom is 0.417 e. The highest BCUT2D eigenvalue weighted by Crippen LogP contribution is 2.16. The number of hydrogen-bond donors (Lipinski definition) is 3. The molecule has 2 aromatic rings. The Kier molecular flexibility index (Phi) is 4.30. The van der Waals surface area contributed by atoms with Crippen molar-refractivity contribution in [2.75, 3.05) is 39.4 Å². The van der Waals surface area contributed by atoms with Gasteiger partial charge in [-0.15, -0.1) is 0 Å². The van der Waals surface area contributed by atoms with Crippen LogP contribution in [0.2, 0.25) is 0 Å². The minimum absolute atomic E-state index is 0.0831. The number of fused-ring (bicyclic) bond motifs is 1. The van der Waals surface area contributed by atoms with Crippen LogP contribution in [0.3, 0.4) is 0 Å². The summed E-state index contributed by atoms with van der Waals surface area (Å²) >= 11 is 0. The molecule has 3 N–H and O–H groups in total. The third-order valence-electron chi connectivity index (χ3n) is 3.67. The smallest absolute Gasteiger partial charge is 0.408 e. The maximum atomic E-state index is 12.2. The van der Waals surface area contributed by atoms with Crippen molar-refractivity contribution in [1.29, 1.82) is 0 Å². The van der Waals surface area contributed by atoms with Gasteiger partial charge in [-0.05, 0) is 12.1 Å². The van der Waals surface area contributed by atoms with E-state index in [0.717, 1.165) is 13.1 Å². The Hall–Kier alpha value is -1.68. The van der Waals surface area contributed by atoms with Gasteiger partial charge < -0.3 is 14.1 Å². The standard InChI is InChI=1S/C13H17N3O5S/c17-13-15-11-2-1-10(9-12(11)21-13)22(18,19)14-3-4-16-5-7-20-8-6-16/h1-2,9,14H,3-8H2,(H,15,17)/p+1. The van der Waals surface area contributed by atoms with E-state index in [2.05, 4.69) is 9.71 Å². The largest absolute Gasteiger partial charge is 0.417 e. The van der Waals surface area contributed by atoms with Crippen LogP contribution in [0.1, 0.15) is 0 Å². The normalized spacial score (nSPS) is 17.1. The van der Waals surface area contributed by atoms with Gasteiger partial charge in [-0.25, -0.2) is 17.9 Å². The van der Waals surface area contributed by atoms with E-state index in [9.17, 15) is 13.2 Å². The first-order chi connectivity index (χ1) is 10.5. The molecule has 0 atom stereocenters. The number of aromatic nitrogens is 1. The number of aromatic amines is 1. The molecular formula is C13H18N3O5S+. The Morgan fingerprint density at radius 3 is 2.82 bits per heavy atom. The average molecular weight is 328 g/mol. The Bertz CT molecular complexity index is 804. The van der Waals surface area contributed by atoms with Gasteiger partial charge in [0.25, 0.3) is 0 Å². The molecule has 1 saturated heterocycles. The number of nitrogens with one attached hydrogen (secondary N) is 3. The molecule has 1 aromatic heterocycles. The lowest BCUT2D eigenvalue weighted by atomic mass is 10.3. The number of rotatable bonds is 5. The summed E-state index contributed by atoms with van der Waals surface area (Å²) in [6, 6.07) is 4.30. The second-order valence-corrected chi connectivity index (χ2v) is 6.95. The Balaban J connectivity index is 1.66. The van der Waals surface area contributed by atoms with Gasteiger partial charge in [0.15, 0.2) is 5.58 Å². The number of quaternary nitrogens is 1. The summed E-state index contributed by atoms with van der Waals surface area (Å²) in [5.41, 5.74) is 0.702. The first-order valence-electron chi connectivity index (χ1n) is 7.08.